The molecule has 17 heavy (non-hydrogen) atoms. The molecule has 0 saturated carbocycles. The fourth-order valence-corrected chi connectivity index (χ4v) is 2.74. The minimum Gasteiger partial charge on any atom is -0.325 e. The number of hydrogen-bond acceptors (Lipinski definition) is 2. The number of nitrogens with one attached hydrogen (secondary N) is 2. The van der Waals surface area contributed by atoms with E-state index in [1.165, 1.54) is 0 Å². The van der Waals surface area contributed by atoms with E-state index in [0.29, 0.717) is 0 Å². The van der Waals surface area contributed by atoms with E-state index < -0.39 is 0 Å². The molecule has 92 valence electrons. The zero-order valence-electron chi connectivity index (χ0n) is 9.92. The van der Waals surface area contributed by atoms with Crippen molar-refractivity contribution in [2.45, 2.75) is 19.8 Å². The predicted octanol–water partition coefficient (Wildman–Crippen LogP) is 2.62. The Morgan fingerprint density at radius 1 is 1.53 bits per heavy atom. The summed E-state index contributed by atoms with van der Waals surface area (Å²) in [6.45, 7) is 3.81. The number of carbonyl (C=O) groups is 1. The standard InChI is InChI=1S/C13H17IN2O/c1-2-13(7-8-15-9-13)12(17)16-11-6-4-3-5-10(11)14/h3-6,15H,2,7-9H2,1H3,(H,16,17). The van der Waals surface area contributed by atoms with Gasteiger partial charge in [-0.1, -0.05) is 19.1 Å². The smallest absolute Gasteiger partial charge is 0.231 e. The molecule has 0 radical (unpaired) electrons. The summed E-state index contributed by atoms with van der Waals surface area (Å²) in [5.41, 5.74) is 0.691. The summed E-state index contributed by atoms with van der Waals surface area (Å²) >= 11 is 2.24. The molecule has 4 heteroatoms. The van der Waals surface area contributed by atoms with Gasteiger partial charge in [0.1, 0.15) is 0 Å². The van der Waals surface area contributed by atoms with Crippen LogP contribution in [-0.2, 0) is 4.79 Å². The summed E-state index contributed by atoms with van der Waals surface area (Å²) in [7, 11) is 0. The molecule has 1 saturated heterocycles. The van der Waals surface area contributed by atoms with Crippen LogP contribution in [0.3, 0.4) is 0 Å². The van der Waals surface area contributed by atoms with Crippen molar-refractivity contribution in [2.75, 3.05) is 18.4 Å². The van der Waals surface area contributed by atoms with Gasteiger partial charge in [-0.25, -0.2) is 0 Å². The zero-order chi connectivity index (χ0) is 12.3. The highest BCUT2D eigenvalue weighted by atomic mass is 127. The zero-order valence-corrected chi connectivity index (χ0v) is 12.1. The van der Waals surface area contributed by atoms with Crippen LogP contribution in [0, 0.1) is 8.99 Å². The Morgan fingerprint density at radius 3 is 2.88 bits per heavy atom. The Bertz CT molecular complexity index is 414. The predicted molar refractivity (Wildman–Crippen MR) is 78.0 cm³/mol. The fraction of sp³-hybridized carbons (Fsp3) is 0.462. The van der Waals surface area contributed by atoms with Crippen molar-refractivity contribution in [1.29, 1.82) is 0 Å². The molecule has 1 fully saturated rings. The van der Waals surface area contributed by atoms with Crippen LogP contribution in [0.4, 0.5) is 5.69 Å². The van der Waals surface area contributed by atoms with Crippen LogP contribution in [0.5, 0.6) is 0 Å². The van der Waals surface area contributed by atoms with Crippen molar-refractivity contribution in [1.82, 2.24) is 5.32 Å². The first-order valence-corrected chi connectivity index (χ1v) is 7.02. The first kappa shape index (κ1) is 12.8. The van der Waals surface area contributed by atoms with Crippen molar-refractivity contribution in [2.24, 2.45) is 5.41 Å². The summed E-state index contributed by atoms with van der Waals surface area (Å²) in [6, 6.07) is 7.88. The number of para-hydroxylation sites is 1. The molecule has 1 amide bonds. The molecule has 3 nitrogen and oxygen atoms in total. The third-order valence-corrected chi connectivity index (χ3v) is 4.46. The normalized spacial score (nSPS) is 23.6. The Hall–Kier alpha value is -0.620. The molecule has 2 rings (SSSR count). The number of hydrogen-bond donors (Lipinski definition) is 2. The average Bonchev–Trinajstić information content (AvgIpc) is 2.82. The number of carbonyl (C=O) groups excluding carboxylic acids is 1. The number of benzene rings is 1. The first-order chi connectivity index (χ1) is 8.18. The van der Waals surface area contributed by atoms with E-state index in [4.69, 9.17) is 0 Å². The second-order valence-corrected chi connectivity index (χ2v) is 5.66. The van der Waals surface area contributed by atoms with Gasteiger partial charge in [0.15, 0.2) is 0 Å². The average molecular weight is 344 g/mol. The highest BCUT2D eigenvalue weighted by molar-refractivity contribution is 14.1. The first-order valence-electron chi connectivity index (χ1n) is 5.95. The van der Waals surface area contributed by atoms with Crippen molar-refractivity contribution in [3.8, 4) is 0 Å². The summed E-state index contributed by atoms with van der Waals surface area (Å²) in [5, 5.41) is 6.34. The van der Waals surface area contributed by atoms with E-state index in [1.807, 2.05) is 24.3 Å². The van der Waals surface area contributed by atoms with Crippen LogP contribution in [0.15, 0.2) is 24.3 Å². The molecular formula is C13H17IN2O. The molecule has 2 N–H and O–H groups in total. The Balaban J connectivity index is 2.14. The van der Waals surface area contributed by atoms with Gasteiger partial charge in [-0.15, -0.1) is 0 Å². The van der Waals surface area contributed by atoms with Crippen molar-refractivity contribution >= 4 is 34.2 Å². The maximum absolute atomic E-state index is 12.4. The van der Waals surface area contributed by atoms with E-state index in [-0.39, 0.29) is 11.3 Å². The topological polar surface area (TPSA) is 41.1 Å². The minimum absolute atomic E-state index is 0.147. The number of anilines is 1. The second-order valence-electron chi connectivity index (χ2n) is 4.49. The Kier molecular flexibility index (Phi) is 4.04. The van der Waals surface area contributed by atoms with Crippen molar-refractivity contribution in [3.63, 3.8) is 0 Å². The molecule has 1 unspecified atom stereocenters. The van der Waals surface area contributed by atoms with Crippen molar-refractivity contribution in [3.05, 3.63) is 27.8 Å². The maximum Gasteiger partial charge on any atom is 0.231 e. The summed E-state index contributed by atoms with van der Waals surface area (Å²) in [4.78, 5) is 12.4. The van der Waals surface area contributed by atoms with E-state index in [2.05, 4.69) is 40.1 Å². The van der Waals surface area contributed by atoms with Crippen LogP contribution in [0.2, 0.25) is 0 Å². The number of amides is 1. The molecule has 0 bridgehead atoms. The van der Waals surface area contributed by atoms with Gasteiger partial charge in [0.25, 0.3) is 0 Å². The lowest BCUT2D eigenvalue weighted by Gasteiger charge is -2.25. The quantitative estimate of drug-likeness (QED) is 0.828. The van der Waals surface area contributed by atoms with Crippen molar-refractivity contribution < 1.29 is 4.79 Å². The highest BCUT2D eigenvalue weighted by Gasteiger charge is 2.39. The summed E-state index contributed by atoms with van der Waals surface area (Å²) < 4.78 is 1.08. The van der Waals surface area contributed by atoms with Gasteiger partial charge in [0.2, 0.25) is 5.91 Å². The number of halogens is 1. The molecule has 1 atom stereocenters. The Labute approximate surface area is 116 Å². The molecule has 1 aliphatic heterocycles. The van der Waals surface area contributed by atoms with E-state index in [9.17, 15) is 4.79 Å². The monoisotopic (exact) mass is 344 g/mol. The molecule has 0 aromatic heterocycles. The second kappa shape index (κ2) is 5.35. The van der Waals surface area contributed by atoms with Gasteiger partial charge in [-0.3, -0.25) is 4.79 Å². The van der Waals surface area contributed by atoms with E-state index >= 15 is 0 Å². The SMILES string of the molecule is CCC1(C(=O)Nc2ccccc2I)CCNC1. The third kappa shape index (κ3) is 2.63. The lowest BCUT2D eigenvalue weighted by Crippen LogP contribution is -2.37. The van der Waals surface area contributed by atoms with Crippen LogP contribution in [0.1, 0.15) is 19.8 Å². The van der Waals surface area contributed by atoms with Gasteiger partial charge in [0.05, 0.1) is 11.1 Å². The third-order valence-electron chi connectivity index (χ3n) is 3.52. The minimum atomic E-state index is -0.223. The van der Waals surface area contributed by atoms with Crippen LogP contribution in [-0.4, -0.2) is 19.0 Å². The summed E-state index contributed by atoms with van der Waals surface area (Å²) in [6.07, 6.45) is 1.81. The molecule has 0 aliphatic carbocycles. The molecule has 1 aromatic carbocycles. The van der Waals surface area contributed by atoms with Gasteiger partial charge < -0.3 is 10.6 Å². The molecule has 1 heterocycles. The molecule has 0 spiro atoms. The molecule has 1 aliphatic rings. The highest BCUT2D eigenvalue weighted by Crippen LogP contribution is 2.31. The van der Waals surface area contributed by atoms with Gasteiger partial charge >= 0.3 is 0 Å². The molecule has 1 aromatic rings. The van der Waals surface area contributed by atoms with Crippen LogP contribution in [0.25, 0.3) is 0 Å². The van der Waals surface area contributed by atoms with E-state index in [1.54, 1.807) is 0 Å². The largest absolute Gasteiger partial charge is 0.325 e. The lowest BCUT2D eigenvalue weighted by molar-refractivity contribution is -0.124. The fourth-order valence-electron chi connectivity index (χ4n) is 2.22. The van der Waals surface area contributed by atoms with Gasteiger partial charge in [0, 0.05) is 10.1 Å². The van der Waals surface area contributed by atoms with Crippen LogP contribution < -0.4 is 10.6 Å². The van der Waals surface area contributed by atoms with Gasteiger partial charge in [-0.2, -0.15) is 0 Å². The van der Waals surface area contributed by atoms with Crippen LogP contribution >= 0.6 is 22.6 Å². The summed E-state index contributed by atoms with van der Waals surface area (Å²) in [5.74, 6) is 0.147. The maximum atomic E-state index is 12.4. The van der Waals surface area contributed by atoms with Gasteiger partial charge in [-0.05, 0) is 54.1 Å². The van der Waals surface area contributed by atoms with E-state index in [0.717, 1.165) is 35.2 Å². The number of rotatable bonds is 3. The lowest BCUT2D eigenvalue weighted by atomic mass is 9.83. The Morgan fingerprint density at radius 2 is 2.29 bits per heavy atom. The molecular weight excluding hydrogens is 327 g/mol.